The number of thiocarbonyl (C=S) groups is 1. The minimum absolute atomic E-state index is 0.429. The number of hydrogen-bond acceptors (Lipinski definition) is 3. The van der Waals surface area contributed by atoms with Crippen LogP contribution in [-0.2, 0) is 11.3 Å². The monoisotopic (exact) mass is 392 g/mol. The number of nitrogens with zero attached hydrogens (tertiary/aromatic N) is 2. The third kappa shape index (κ3) is 5.51. The summed E-state index contributed by atoms with van der Waals surface area (Å²) in [6.07, 6.45) is 1.70. The van der Waals surface area contributed by atoms with Crippen LogP contribution < -0.4 is 10.6 Å². The minimum Gasteiger partial charge on any atom is -0.383 e. The molecule has 0 radical (unpaired) electrons. The van der Waals surface area contributed by atoms with E-state index in [4.69, 9.17) is 51.8 Å². The fraction of sp³-hybridized carbons (Fsp3) is 0.286. The summed E-state index contributed by atoms with van der Waals surface area (Å²) in [7, 11) is 1.62. The number of aromatic nitrogens is 2. The highest BCUT2D eigenvalue weighted by atomic mass is 35.5. The highest BCUT2D eigenvalue weighted by Crippen LogP contribution is 2.24. The molecule has 0 aliphatic rings. The minimum atomic E-state index is 0.429. The van der Waals surface area contributed by atoms with Gasteiger partial charge >= 0.3 is 0 Å². The molecule has 0 fully saturated rings. The third-order valence-corrected chi connectivity index (χ3v) is 4.00. The molecule has 0 aliphatic heterocycles. The maximum atomic E-state index is 6.17. The van der Waals surface area contributed by atoms with Crippen LogP contribution in [0.5, 0.6) is 0 Å². The molecule has 0 amide bonds. The Bertz CT molecular complexity index is 693. The Balaban J connectivity index is 2.01. The summed E-state index contributed by atoms with van der Waals surface area (Å²) >= 11 is 23.4. The van der Waals surface area contributed by atoms with Gasteiger partial charge in [-0.25, -0.2) is 0 Å². The van der Waals surface area contributed by atoms with Crippen LogP contribution in [0.15, 0.2) is 24.4 Å². The van der Waals surface area contributed by atoms with E-state index in [1.54, 1.807) is 30.1 Å². The van der Waals surface area contributed by atoms with Crippen molar-refractivity contribution >= 4 is 58.0 Å². The molecule has 1 heterocycles. The Hall–Kier alpha value is -1.05. The van der Waals surface area contributed by atoms with E-state index in [9.17, 15) is 0 Å². The molecule has 0 unspecified atom stereocenters. The van der Waals surface area contributed by atoms with Gasteiger partial charge in [-0.3, -0.25) is 4.68 Å². The molecule has 9 heteroatoms. The molecular formula is C14H15Cl3N4OS. The van der Waals surface area contributed by atoms with Crippen molar-refractivity contribution in [2.75, 3.05) is 25.6 Å². The summed E-state index contributed by atoms with van der Waals surface area (Å²) in [6.45, 7) is 1.63. The molecule has 1 aromatic heterocycles. The summed E-state index contributed by atoms with van der Waals surface area (Å²) in [5.74, 6) is 0.478. The summed E-state index contributed by atoms with van der Waals surface area (Å²) in [4.78, 5) is 0. The fourth-order valence-electron chi connectivity index (χ4n) is 1.81. The van der Waals surface area contributed by atoms with Gasteiger partial charge in [0.25, 0.3) is 0 Å². The maximum absolute atomic E-state index is 6.17. The Morgan fingerprint density at radius 2 is 2.09 bits per heavy atom. The largest absolute Gasteiger partial charge is 0.383 e. The topological polar surface area (TPSA) is 51.1 Å². The van der Waals surface area contributed by atoms with Crippen molar-refractivity contribution in [3.8, 4) is 0 Å². The highest BCUT2D eigenvalue weighted by molar-refractivity contribution is 7.80. The molecule has 0 spiro atoms. The van der Waals surface area contributed by atoms with Crippen LogP contribution in [0.1, 0.15) is 5.56 Å². The molecule has 23 heavy (non-hydrogen) atoms. The smallest absolute Gasteiger partial charge is 0.173 e. The standard InChI is InChI=1S/C14H15Cl3N4OS/c1-22-5-4-18-14(23)19-13-12(17)8-21(20-13)7-9-2-3-10(15)6-11(9)16/h2-3,6,8H,4-5,7H2,1H3,(H2,18,19,20,23). The van der Waals surface area contributed by atoms with Crippen LogP contribution in [0, 0.1) is 0 Å². The lowest BCUT2D eigenvalue weighted by Gasteiger charge is -2.08. The molecule has 0 saturated carbocycles. The van der Waals surface area contributed by atoms with Crippen molar-refractivity contribution in [2.45, 2.75) is 6.54 Å². The average molecular weight is 394 g/mol. The van der Waals surface area contributed by atoms with E-state index in [1.807, 2.05) is 6.07 Å². The maximum Gasteiger partial charge on any atom is 0.173 e. The molecule has 0 aliphatic carbocycles. The van der Waals surface area contributed by atoms with Crippen LogP contribution >= 0.6 is 47.0 Å². The van der Waals surface area contributed by atoms with Gasteiger partial charge in [-0.1, -0.05) is 40.9 Å². The Morgan fingerprint density at radius 3 is 2.78 bits per heavy atom. The van der Waals surface area contributed by atoms with Gasteiger partial charge < -0.3 is 15.4 Å². The van der Waals surface area contributed by atoms with Gasteiger partial charge in [0.05, 0.1) is 13.2 Å². The quantitative estimate of drug-likeness (QED) is 0.577. The first-order valence-electron chi connectivity index (χ1n) is 6.70. The first-order valence-corrected chi connectivity index (χ1v) is 8.24. The number of rotatable bonds is 6. The molecule has 0 bridgehead atoms. The van der Waals surface area contributed by atoms with Gasteiger partial charge in [0, 0.05) is 29.9 Å². The number of hydrogen-bond donors (Lipinski definition) is 2. The molecule has 2 aromatic rings. The van der Waals surface area contributed by atoms with Crippen LogP contribution in [0.3, 0.4) is 0 Å². The molecule has 2 rings (SSSR count). The summed E-state index contributed by atoms with van der Waals surface area (Å²) < 4.78 is 6.62. The van der Waals surface area contributed by atoms with Crippen molar-refractivity contribution in [3.63, 3.8) is 0 Å². The van der Waals surface area contributed by atoms with Crippen LogP contribution in [0.2, 0.25) is 15.1 Å². The second kappa shape index (κ2) is 8.70. The summed E-state index contributed by atoms with van der Waals surface area (Å²) in [6, 6.07) is 5.32. The average Bonchev–Trinajstić information content (AvgIpc) is 2.82. The molecule has 5 nitrogen and oxygen atoms in total. The number of halogens is 3. The van der Waals surface area contributed by atoms with E-state index in [0.717, 1.165) is 5.56 Å². The Morgan fingerprint density at radius 1 is 1.30 bits per heavy atom. The van der Waals surface area contributed by atoms with E-state index in [2.05, 4.69) is 15.7 Å². The van der Waals surface area contributed by atoms with E-state index in [1.165, 1.54) is 0 Å². The predicted molar refractivity (Wildman–Crippen MR) is 98.9 cm³/mol. The number of ether oxygens (including phenoxy) is 1. The van der Waals surface area contributed by atoms with E-state index in [-0.39, 0.29) is 0 Å². The van der Waals surface area contributed by atoms with Crippen molar-refractivity contribution in [2.24, 2.45) is 0 Å². The first kappa shape index (κ1) is 18.3. The molecule has 0 saturated heterocycles. The molecular weight excluding hydrogens is 379 g/mol. The van der Waals surface area contributed by atoms with Crippen molar-refractivity contribution in [1.29, 1.82) is 0 Å². The number of methoxy groups -OCH3 is 1. The van der Waals surface area contributed by atoms with Crippen LogP contribution in [0.25, 0.3) is 0 Å². The Labute approximate surface area is 154 Å². The molecule has 124 valence electrons. The van der Waals surface area contributed by atoms with E-state index >= 15 is 0 Å². The normalized spacial score (nSPS) is 10.6. The Kier molecular flexibility index (Phi) is 6.92. The van der Waals surface area contributed by atoms with Gasteiger partial charge in [0.1, 0.15) is 5.02 Å². The van der Waals surface area contributed by atoms with Gasteiger partial charge in [-0.2, -0.15) is 5.10 Å². The van der Waals surface area contributed by atoms with E-state index in [0.29, 0.717) is 45.7 Å². The molecule has 0 atom stereocenters. The van der Waals surface area contributed by atoms with Crippen molar-refractivity contribution in [1.82, 2.24) is 15.1 Å². The lowest BCUT2D eigenvalue weighted by molar-refractivity contribution is 0.204. The SMILES string of the molecule is COCCNC(=S)Nc1nn(Cc2ccc(Cl)cc2Cl)cc1Cl. The van der Waals surface area contributed by atoms with Gasteiger partial charge in [0.2, 0.25) is 0 Å². The second-order valence-corrected chi connectivity index (χ2v) is 6.29. The second-order valence-electron chi connectivity index (χ2n) is 4.63. The molecule has 1 aromatic carbocycles. The lowest BCUT2D eigenvalue weighted by atomic mass is 10.2. The fourth-order valence-corrected chi connectivity index (χ4v) is 2.67. The summed E-state index contributed by atoms with van der Waals surface area (Å²) in [5, 5.41) is 12.4. The summed E-state index contributed by atoms with van der Waals surface area (Å²) in [5.41, 5.74) is 0.891. The van der Waals surface area contributed by atoms with Gasteiger partial charge in [-0.05, 0) is 29.9 Å². The van der Waals surface area contributed by atoms with Gasteiger partial charge in [-0.15, -0.1) is 0 Å². The van der Waals surface area contributed by atoms with Crippen LogP contribution in [0.4, 0.5) is 5.82 Å². The molecule has 2 N–H and O–H groups in total. The van der Waals surface area contributed by atoms with Crippen molar-refractivity contribution < 1.29 is 4.74 Å². The first-order chi connectivity index (χ1) is 11.0. The van der Waals surface area contributed by atoms with Gasteiger partial charge in [0.15, 0.2) is 10.9 Å². The zero-order valence-corrected chi connectivity index (χ0v) is 15.4. The predicted octanol–water partition coefficient (Wildman–Crippen LogP) is 3.82. The number of anilines is 1. The van der Waals surface area contributed by atoms with Crippen molar-refractivity contribution in [3.05, 3.63) is 45.0 Å². The number of nitrogens with one attached hydrogen (secondary N) is 2. The van der Waals surface area contributed by atoms with Crippen LogP contribution in [-0.4, -0.2) is 35.2 Å². The third-order valence-electron chi connectivity index (χ3n) is 2.89. The zero-order chi connectivity index (χ0) is 16.8. The zero-order valence-electron chi connectivity index (χ0n) is 12.3. The highest BCUT2D eigenvalue weighted by Gasteiger charge is 2.10. The lowest BCUT2D eigenvalue weighted by Crippen LogP contribution is -2.31. The van der Waals surface area contributed by atoms with E-state index < -0.39 is 0 Å². The number of benzene rings is 1.